The van der Waals surface area contributed by atoms with Gasteiger partial charge in [0.15, 0.2) is 0 Å². The maximum absolute atomic E-state index is 11.4. The quantitative estimate of drug-likeness (QED) is 0.784. The van der Waals surface area contributed by atoms with Crippen molar-refractivity contribution in [1.82, 2.24) is 9.97 Å². The van der Waals surface area contributed by atoms with Crippen molar-refractivity contribution in [3.05, 3.63) is 27.9 Å². The van der Waals surface area contributed by atoms with Gasteiger partial charge in [0.05, 0.1) is 5.54 Å². The van der Waals surface area contributed by atoms with Gasteiger partial charge in [-0.25, -0.2) is 4.98 Å². The molecule has 0 spiro atoms. The van der Waals surface area contributed by atoms with E-state index in [0.717, 1.165) is 12.1 Å². The second kappa shape index (κ2) is 4.14. The smallest absolute Gasteiger partial charge is 0.251 e. The molecule has 84 valence electrons. The van der Waals surface area contributed by atoms with E-state index >= 15 is 0 Å². The van der Waals surface area contributed by atoms with E-state index in [2.05, 4.69) is 23.8 Å². The van der Waals surface area contributed by atoms with Gasteiger partial charge >= 0.3 is 0 Å². The molecule has 0 aliphatic carbocycles. The Morgan fingerprint density at radius 3 is 2.60 bits per heavy atom. The highest BCUT2D eigenvalue weighted by Crippen LogP contribution is 2.11. The zero-order valence-electron chi connectivity index (χ0n) is 9.79. The molecule has 3 N–H and O–H groups in total. The van der Waals surface area contributed by atoms with Gasteiger partial charge in [-0.3, -0.25) is 4.79 Å². The van der Waals surface area contributed by atoms with Gasteiger partial charge in [-0.15, -0.1) is 0 Å². The lowest BCUT2D eigenvalue weighted by atomic mass is 10.0. The van der Waals surface area contributed by atoms with E-state index in [1.54, 1.807) is 0 Å². The van der Waals surface area contributed by atoms with Crippen LogP contribution < -0.4 is 11.3 Å². The average Bonchev–Trinajstić information content (AvgIpc) is 1.99. The Kier molecular flexibility index (Phi) is 3.29. The third-order valence-corrected chi connectivity index (χ3v) is 2.02. The number of hydrogen-bond acceptors (Lipinski definition) is 3. The first-order valence-electron chi connectivity index (χ1n) is 5.18. The summed E-state index contributed by atoms with van der Waals surface area (Å²) in [7, 11) is 0. The minimum atomic E-state index is -0.605. The number of aromatic nitrogens is 2. The molecular formula is C11H19N3O. The molecule has 0 aliphatic heterocycles. The van der Waals surface area contributed by atoms with Gasteiger partial charge < -0.3 is 10.7 Å². The van der Waals surface area contributed by atoms with Crippen molar-refractivity contribution >= 4 is 0 Å². The fraction of sp³-hybridized carbons (Fsp3) is 0.636. The van der Waals surface area contributed by atoms with E-state index in [0.29, 0.717) is 11.7 Å². The van der Waals surface area contributed by atoms with Gasteiger partial charge in [0, 0.05) is 11.8 Å². The van der Waals surface area contributed by atoms with Crippen LogP contribution in [0.1, 0.15) is 39.2 Å². The Bertz CT molecular complexity index is 388. The van der Waals surface area contributed by atoms with E-state index in [4.69, 9.17) is 5.73 Å². The molecule has 0 saturated heterocycles. The molecule has 0 aromatic carbocycles. The molecule has 1 heterocycles. The first kappa shape index (κ1) is 11.9. The fourth-order valence-corrected chi connectivity index (χ4v) is 1.34. The van der Waals surface area contributed by atoms with E-state index in [1.807, 2.05) is 13.8 Å². The lowest BCUT2D eigenvalue weighted by Gasteiger charge is -2.18. The summed E-state index contributed by atoms with van der Waals surface area (Å²) in [5.41, 5.74) is 5.96. The predicted octanol–water partition coefficient (Wildman–Crippen LogP) is 1.16. The normalized spacial score (nSPS) is 12.1. The van der Waals surface area contributed by atoms with Crippen LogP contribution in [-0.4, -0.2) is 9.97 Å². The molecular weight excluding hydrogens is 190 g/mol. The van der Waals surface area contributed by atoms with Gasteiger partial charge in [-0.2, -0.15) is 0 Å². The van der Waals surface area contributed by atoms with Crippen LogP contribution in [0, 0.1) is 5.92 Å². The van der Waals surface area contributed by atoms with Crippen molar-refractivity contribution in [3.63, 3.8) is 0 Å². The van der Waals surface area contributed by atoms with E-state index < -0.39 is 5.54 Å². The number of nitrogens with one attached hydrogen (secondary N) is 1. The third kappa shape index (κ3) is 3.47. The molecule has 0 saturated carbocycles. The van der Waals surface area contributed by atoms with Crippen molar-refractivity contribution < 1.29 is 0 Å². The Hall–Kier alpha value is -1.16. The molecule has 0 amide bonds. The second-order valence-electron chi connectivity index (χ2n) is 4.90. The SMILES string of the molecule is CC(C)Cc1cc(=O)[nH]c(C(C)(C)N)n1. The number of rotatable bonds is 3. The topological polar surface area (TPSA) is 71.8 Å². The van der Waals surface area contributed by atoms with Gasteiger partial charge in [0.1, 0.15) is 5.82 Å². The highest BCUT2D eigenvalue weighted by molar-refractivity contribution is 5.08. The monoisotopic (exact) mass is 209 g/mol. The standard InChI is InChI=1S/C11H19N3O/c1-7(2)5-8-6-9(15)14-10(13-8)11(3,4)12/h6-7H,5,12H2,1-4H3,(H,13,14,15). The molecule has 1 aromatic heterocycles. The maximum Gasteiger partial charge on any atom is 0.251 e. The third-order valence-electron chi connectivity index (χ3n) is 2.02. The van der Waals surface area contributed by atoms with Gasteiger partial charge in [0.25, 0.3) is 5.56 Å². The van der Waals surface area contributed by atoms with Crippen LogP contribution in [0.2, 0.25) is 0 Å². The van der Waals surface area contributed by atoms with Crippen LogP contribution in [-0.2, 0) is 12.0 Å². The summed E-state index contributed by atoms with van der Waals surface area (Å²) in [4.78, 5) is 18.4. The van der Waals surface area contributed by atoms with Crippen molar-refractivity contribution in [1.29, 1.82) is 0 Å². The van der Waals surface area contributed by atoms with Crippen molar-refractivity contribution in [3.8, 4) is 0 Å². The minimum Gasteiger partial charge on any atom is -0.319 e. The average molecular weight is 209 g/mol. The predicted molar refractivity (Wildman–Crippen MR) is 60.6 cm³/mol. The minimum absolute atomic E-state index is 0.130. The molecule has 0 fully saturated rings. The van der Waals surface area contributed by atoms with Gasteiger partial charge in [0.2, 0.25) is 0 Å². The van der Waals surface area contributed by atoms with Gasteiger partial charge in [-0.05, 0) is 26.2 Å². The molecule has 4 heteroatoms. The number of H-pyrrole nitrogens is 1. The zero-order chi connectivity index (χ0) is 11.6. The second-order valence-corrected chi connectivity index (χ2v) is 4.90. The summed E-state index contributed by atoms with van der Waals surface area (Å²) in [6.07, 6.45) is 0.799. The van der Waals surface area contributed by atoms with Crippen LogP contribution in [0.15, 0.2) is 10.9 Å². The Morgan fingerprint density at radius 2 is 2.13 bits per heavy atom. The Morgan fingerprint density at radius 1 is 1.53 bits per heavy atom. The van der Waals surface area contributed by atoms with Crippen molar-refractivity contribution in [2.24, 2.45) is 11.7 Å². The summed E-state index contributed by atoms with van der Waals surface area (Å²) in [6, 6.07) is 1.54. The molecule has 1 aromatic rings. The van der Waals surface area contributed by atoms with Crippen LogP contribution in [0.5, 0.6) is 0 Å². The summed E-state index contributed by atoms with van der Waals surface area (Å²) >= 11 is 0. The Labute approximate surface area is 89.9 Å². The lowest BCUT2D eigenvalue weighted by molar-refractivity contribution is 0.504. The fourth-order valence-electron chi connectivity index (χ4n) is 1.34. The maximum atomic E-state index is 11.4. The molecule has 0 aliphatic rings. The van der Waals surface area contributed by atoms with Crippen LogP contribution in [0.25, 0.3) is 0 Å². The van der Waals surface area contributed by atoms with Crippen LogP contribution in [0.4, 0.5) is 0 Å². The van der Waals surface area contributed by atoms with E-state index in [1.165, 1.54) is 6.07 Å². The van der Waals surface area contributed by atoms with Crippen LogP contribution in [0.3, 0.4) is 0 Å². The lowest BCUT2D eigenvalue weighted by Crippen LogP contribution is -2.34. The molecule has 0 bridgehead atoms. The molecule has 1 rings (SSSR count). The first-order chi connectivity index (χ1) is 6.79. The summed E-state index contributed by atoms with van der Waals surface area (Å²) in [5.74, 6) is 1.03. The number of nitrogens with two attached hydrogens (primary N) is 1. The molecule has 0 radical (unpaired) electrons. The number of hydrogen-bond donors (Lipinski definition) is 2. The van der Waals surface area contributed by atoms with E-state index in [9.17, 15) is 4.79 Å². The number of aromatic amines is 1. The molecule has 0 unspecified atom stereocenters. The summed E-state index contributed by atoms with van der Waals surface area (Å²) in [5, 5.41) is 0. The first-order valence-corrected chi connectivity index (χ1v) is 5.18. The van der Waals surface area contributed by atoms with Gasteiger partial charge in [-0.1, -0.05) is 13.8 Å². The highest BCUT2D eigenvalue weighted by atomic mass is 16.1. The van der Waals surface area contributed by atoms with Crippen molar-refractivity contribution in [2.45, 2.75) is 39.7 Å². The molecule has 15 heavy (non-hydrogen) atoms. The molecule has 0 atom stereocenters. The van der Waals surface area contributed by atoms with E-state index in [-0.39, 0.29) is 5.56 Å². The Balaban J connectivity index is 3.11. The summed E-state index contributed by atoms with van der Waals surface area (Å²) in [6.45, 7) is 7.83. The zero-order valence-corrected chi connectivity index (χ0v) is 9.79. The number of nitrogens with zero attached hydrogens (tertiary/aromatic N) is 1. The van der Waals surface area contributed by atoms with Crippen molar-refractivity contribution in [2.75, 3.05) is 0 Å². The summed E-state index contributed by atoms with van der Waals surface area (Å²) < 4.78 is 0. The highest BCUT2D eigenvalue weighted by Gasteiger charge is 2.18. The van der Waals surface area contributed by atoms with Crippen LogP contribution >= 0.6 is 0 Å². The largest absolute Gasteiger partial charge is 0.319 e. The molecule has 4 nitrogen and oxygen atoms in total.